The molecule has 0 spiro atoms. The molecule has 0 aliphatic heterocycles. The number of benzene rings is 1. The Balaban J connectivity index is 1.51. The first-order chi connectivity index (χ1) is 15.4. The van der Waals surface area contributed by atoms with Gasteiger partial charge in [0.1, 0.15) is 11.2 Å². The van der Waals surface area contributed by atoms with Gasteiger partial charge in [0.25, 0.3) is 0 Å². The maximum absolute atomic E-state index is 12.0. The number of oxazole rings is 1. The SMILES string of the molecule is Cc1ncc(-c2nc3cc(-c4cnn(C)n4)ccc3o2)c2cc(C3(C(N)=O)CC3)ncc12. The Morgan fingerprint density at radius 2 is 1.97 bits per heavy atom. The number of carbonyl (C=O) groups excluding carboxylic acids is 1. The number of pyridine rings is 2. The van der Waals surface area contributed by atoms with Crippen molar-refractivity contribution >= 4 is 27.8 Å². The summed E-state index contributed by atoms with van der Waals surface area (Å²) in [5.74, 6) is 0.116. The molecule has 1 aliphatic carbocycles. The number of primary amides is 1. The summed E-state index contributed by atoms with van der Waals surface area (Å²) >= 11 is 0. The molecule has 158 valence electrons. The molecule has 1 aromatic carbocycles. The molecule has 0 unspecified atom stereocenters. The highest BCUT2D eigenvalue weighted by molar-refractivity contribution is 5.98. The van der Waals surface area contributed by atoms with E-state index in [0.29, 0.717) is 35.5 Å². The van der Waals surface area contributed by atoms with Crippen LogP contribution in [0, 0.1) is 6.92 Å². The zero-order valence-electron chi connectivity index (χ0n) is 17.5. The fourth-order valence-electron chi connectivity index (χ4n) is 4.13. The topological polar surface area (TPSA) is 126 Å². The molecule has 9 nitrogen and oxygen atoms in total. The average Bonchev–Trinajstić information content (AvgIpc) is 3.33. The van der Waals surface area contributed by atoms with Gasteiger partial charge in [0.05, 0.1) is 22.9 Å². The van der Waals surface area contributed by atoms with Crippen molar-refractivity contribution in [3.63, 3.8) is 0 Å². The van der Waals surface area contributed by atoms with Gasteiger partial charge in [0.2, 0.25) is 11.8 Å². The van der Waals surface area contributed by atoms with Crippen LogP contribution in [0.15, 0.2) is 47.3 Å². The Labute approximate surface area is 182 Å². The van der Waals surface area contributed by atoms with Crippen LogP contribution >= 0.6 is 0 Å². The van der Waals surface area contributed by atoms with Gasteiger partial charge in [-0.15, -0.1) is 0 Å². The standard InChI is InChI=1S/C23H19N7O2/c1-12-15-9-26-20(23(5-6-23)22(24)31)8-14(15)16(10-25-12)21-28-17-7-13(3-4-19(17)32-21)18-11-27-30(2)29-18/h3-4,7-11H,5-6H2,1-2H3,(H2,24,31). The monoisotopic (exact) mass is 425 g/mol. The summed E-state index contributed by atoms with van der Waals surface area (Å²) in [7, 11) is 1.78. The van der Waals surface area contributed by atoms with Crippen LogP contribution in [0.25, 0.3) is 44.6 Å². The first kappa shape index (κ1) is 18.6. The van der Waals surface area contributed by atoms with Gasteiger partial charge < -0.3 is 10.2 Å². The molecule has 4 heterocycles. The normalized spacial score (nSPS) is 14.8. The molecule has 5 aromatic rings. The summed E-state index contributed by atoms with van der Waals surface area (Å²) in [6.45, 7) is 1.92. The van der Waals surface area contributed by atoms with Crippen molar-refractivity contribution in [2.45, 2.75) is 25.2 Å². The van der Waals surface area contributed by atoms with Gasteiger partial charge in [0.15, 0.2) is 5.58 Å². The largest absolute Gasteiger partial charge is 0.436 e. The summed E-state index contributed by atoms with van der Waals surface area (Å²) in [6.07, 6.45) is 6.65. The number of fused-ring (bicyclic) bond motifs is 2. The van der Waals surface area contributed by atoms with Gasteiger partial charge in [0, 0.05) is 41.5 Å². The maximum atomic E-state index is 12.0. The molecule has 0 atom stereocenters. The van der Waals surface area contributed by atoms with Crippen LogP contribution < -0.4 is 5.73 Å². The van der Waals surface area contributed by atoms with Gasteiger partial charge >= 0.3 is 0 Å². The van der Waals surface area contributed by atoms with E-state index in [1.807, 2.05) is 31.2 Å². The minimum Gasteiger partial charge on any atom is -0.436 e. The van der Waals surface area contributed by atoms with Crippen molar-refractivity contribution in [1.82, 2.24) is 29.9 Å². The average molecular weight is 425 g/mol. The molecule has 0 radical (unpaired) electrons. The molecular weight excluding hydrogens is 406 g/mol. The number of aromatic nitrogens is 6. The number of amides is 1. The van der Waals surface area contributed by atoms with Crippen LogP contribution in [-0.4, -0.2) is 35.9 Å². The number of carbonyl (C=O) groups is 1. The van der Waals surface area contributed by atoms with Crippen LogP contribution in [0.4, 0.5) is 0 Å². The maximum Gasteiger partial charge on any atom is 0.229 e. The van der Waals surface area contributed by atoms with E-state index in [2.05, 4.69) is 20.2 Å². The van der Waals surface area contributed by atoms with Crippen molar-refractivity contribution in [2.24, 2.45) is 12.8 Å². The molecule has 1 fully saturated rings. The van der Waals surface area contributed by atoms with Crippen molar-refractivity contribution in [1.29, 1.82) is 0 Å². The molecule has 1 amide bonds. The van der Waals surface area contributed by atoms with Crippen LogP contribution in [0.1, 0.15) is 24.2 Å². The van der Waals surface area contributed by atoms with E-state index in [4.69, 9.17) is 15.1 Å². The number of hydrogen-bond acceptors (Lipinski definition) is 7. The number of rotatable bonds is 4. The lowest BCUT2D eigenvalue weighted by Gasteiger charge is -2.13. The van der Waals surface area contributed by atoms with E-state index in [-0.39, 0.29) is 5.91 Å². The number of aryl methyl sites for hydroxylation is 2. The molecule has 1 aliphatic rings. The molecule has 2 N–H and O–H groups in total. The lowest BCUT2D eigenvalue weighted by Crippen LogP contribution is -2.29. The van der Waals surface area contributed by atoms with E-state index in [1.54, 1.807) is 25.6 Å². The van der Waals surface area contributed by atoms with E-state index in [1.165, 1.54) is 4.80 Å². The van der Waals surface area contributed by atoms with Gasteiger partial charge in [-0.2, -0.15) is 15.0 Å². The predicted octanol–water partition coefficient (Wildman–Crippen LogP) is 3.06. The quantitative estimate of drug-likeness (QED) is 0.469. The van der Waals surface area contributed by atoms with Crippen molar-refractivity contribution in [3.05, 3.63) is 54.2 Å². The summed E-state index contributed by atoms with van der Waals surface area (Å²) in [5, 5.41) is 10.2. The van der Waals surface area contributed by atoms with Crippen LogP contribution in [-0.2, 0) is 17.3 Å². The van der Waals surface area contributed by atoms with Crippen molar-refractivity contribution < 1.29 is 9.21 Å². The lowest BCUT2D eigenvalue weighted by atomic mass is 9.97. The molecule has 9 heteroatoms. The first-order valence-electron chi connectivity index (χ1n) is 10.3. The number of hydrogen-bond donors (Lipinski definition) is 1. The summed E-state index contributed by atoms with van der Waals surface area (Å²) in [5.41, 5.74) is 10.3. The Morgan fingerprint density at radius 3 is 2.69 bits per heavy atom. The van der Waals surface area contributed by atoms with E-state index >= 15 is 0 Å². The molecule has 6 rings (SSSR count). The predicted molar refractivity (Wildman–Crippen MR) is 117 cm³/mol. The number of nitrogens with zero attached hydrogens (tertiary/aromatic N) is 6. The second-order valence-corrected chi connectivity index (χ2v) is 8.24. The third kappa shape index (κ3) is 2.71. The lowest BCUT2D eigenvalue weighted by molar-refractivity contribution is -0.120. The van der Waals surface area contributed by atoms with Gasteiger partial charge in [-0.25, -0.2) is 4.98 Å². The third-order valence-electron chi connectivity index (χ3n) is 6.20. The fourth-order valence-corrected chi connectivity index (χ4v) is 4.13. The summed E-state index contributed by atoms with van der Waals surface area (Å²) < 4.78 is 6.08. The van der Waals surface area contributed by atoms with Crippen molar-refractivity contribution in [3.8, 4) is 22.7 Å². The highest BCUT2D eigenvalue weighted by Gasteiger charge is 2.51. The smallest absolute Gasteiger partial charge is 0.229 e. The third-order valence-corrected chi connectivity index (χ3v) is 6.20. The fraction of sp³-hybridized carbons (Fsp3) is 0.217. The minimum absolute atomic E-state index is 0.338. The van der Waals surface area contributed by atoms with E-state index in [0.717, 1.165) is 33.3 Å². The van der Waals surface area contributed by atoms with Crippen LogP contribution in [0.5, 0.6) is 0 Å². The Hall–Kier alpha value is -4.14. The first-order valence-corrected chi connectivity index (χ1v) is 10.3. The highest BCUT2D eigenvalue weighted by atomic mass is 16.3. The Morgan fingerprint density at radius 1 is 1.12 bits per heavy atom. The van der Waals surface area contributed by atoms with E-state index < -0.39 is 5.41 Å². The Kier molecular flexibility index (Phi) is 3.74. The molecule has 1 saturated carbocycles. The molecule has 0 saturated heterocycles. The van der Waals surface area contributed by atoms with Crippen molar-refractivity contribution in [2.75, 3.05) is 0 Å². The van der Waals surface area contributed by atoms with Gasteiger partial charge in [-0.05, 0) is 44.0 Å². The highest BCUT2D eigenvalue weighted by Crippen LogP contribution is 2.48. The zero-order chi connectivity index (χ0) is 22.0. The second kappa shape index (κ2) is 6.43. The molecular formula is C23H19N7O2. The molecule has 0 bridgehead atoms. The number of nitrogens with two attached hydrogens (primary N) is 1. The van der Waals surface area contributed by atoms with E-state index in [9.17, 15) is 4.79 Å². The minimum atomic E-state index is -0.671. The molecule has 4 aromatic heterocycles. The Bertz CT molecular complexity index is 1550. The second-order valence-electron chi connectivity index (χ2n) is 8.24. The van der Waals surface area contributed by atoms with Crippen LogP contribution in [0.2, 0.25) is 0 Å². The molecule has 32 heavy (non-hydrogen) atoms. The van der Waals surface area contributed by atoms with Crippen LogP contribution in [0.3, 0.4) is 0 Å². The van der Waals surface area contributed by atoms with Gasteiger partial charge in [-0.3, -0.25) is 14.8 Å². The van der Waals surface area contributed by atoms with Gasteiger partial charge in [-0.1, -0.05) is 0 Å². The summed E-state index contributed by atoms with van der Waals surface area (Å²) in [4.78, 5) is 27.3. The summed E-state index contributed by atoms with van der Waals surface area (Å²) in [6, 6.07) is 7.66. The zero-order valence-corrected chi connectivity index (χ0v) is 17.5.